The highest BCUT2D eigenvalue weighted by Crippen LogP contribution is 2.14. The molecule has 6 nitrogen and oxygen atoms in total. The Hall–Kier alpha value is -1.72. The van der Waals surface area contributed by atoms with Gasteiger partial charge in [-0.2, -0.15) is 0 Å². The summed E-state index contributed by atoms with van der Waals surface area (Å²) in [6, 6.07) is 0. The van der Waals surface area contributed by atoms with Crippen LogP contribution >= 0.6 is 0 Å². The molecule has 0 radical (unpaired) electrons. The number of hydrogen-bond acceptors (Lipinski definition) is 4. The quantitative estimate of drug-likeness (QED) is 0.560. The predicted octanol–water partition coefficient (Wildman–Crippen LogP) is -0.385. The molecule has 2 rings (SSSR count). The lowest BCUT2D eigenvalue weighted by Crippen LogP contribution is -2.51. The Bertz CT molecular complexity index is 422. The maximum Gasteiger partial charge on any atom is 0.312 e. The maximum absolute atomic E-state index is 12.1. The molecule has 0 aromatic rings. The summed E-state index contributed by atoms with van der Waals surface area (Å²) in [5.74, 6) is -1.02. The molecule has 2 heterocycles. The van der Waals surface area contributed by atoms with E-state index in [1.807, 2.05) is 0 Å². The van der Waals surface area contributed by atoms with E-state index in [2.05, 4.69) is 0 Å². The topological polar surface area (TPSA) is 74.8 Å². The summed E-state index contributed by atoms with van der Waals surface area (Å²) in [6.07, 6.45) is 0.973. The first-order chi connectivity index (χ1) is 8.99. The van der Waals surface area contributed by atoms with Crippen LogP contribution in [0.5, 0.6) is 0 Å². The number of ketones is 2. The van der Waals surface area contributed by atoms with Crippen molar-refractivity contribution in [2.45, 2.75) is 26.2 Å². The van der Waals surface area contributed by atoms with Crippen molar-refractivity contribution in [1.29, 1.82) is 0 Å². The molecule has 0 bridgehead atoms. The van der Waals surface area contributed by atoms with Crippen LogP contribution in [0.25, 0.3) is 0 Å². The lowest BCUT2D eigenvalue weighted by molar-refractivity contribution is -0.154. The molecule has 0 spiro atoms. The lowest BCUT2D eigenvalue weighted by atomic mass is 9.98. The van der Waals surface area contributed by atoms with Crippen LogP contribution in [-0.4, -0.2) is 59.4 Å². The molecule has 0 aromatic carbocycles. The Kier molecular flexibility index (Phi) is 3.97. The monoisotopic (exact) mass is 266 g/mol. The van der Waals surface area contributed by atoms with Crippen molar-refractivity contribution in [3.63, 3.8) is 0 Å². The first-order valence-electron chi connectivity index (χ1n) is 6.61. The van der Waals surface area contributed by atoms with E-state index in [9.17, 15) is 19.2 Å². The van der Waals surface area contributed by atoms with E-state index in [1.165, 1.54) is 9.80 Å². The summed E-state index contributed by atoms with van der Waals surface area (Å²) in [4.78, 5) is 49.5. The molecule has 0 N–H and O–H groups in total. The average Bonchev–Trinajstić information content (AvgIpc) is 2.41. The largest absolute Gasteiger partial charge is 0.334 e. The Labute approximate surface area is 111 Å². The summed E-state index contributed by atoms with van der Waals surface area (Å²) in [5, 5.41) is 0. The van der Waals surface area contributed by atoms with Crippen LogP contribution in [0.15, 0.2) is 0 Å². The molecular formula is C13H18N2O4. The van der Waals surface area contributed by atoms with Gasteiger partial charge in [0.15, 0.2) is 0 Å². The normalized spacial score (nSPS) is 24.6. The van der Waals surface area contributed by atoms with Gasteiger partial charge < -0.3 is 9.80 Å². The highest BCUT2D eigenvalue weighted by atomic mass is 16.2. The third kappa shape index (κ3) is 3.00. The van der Waals surface area contributed by atoms with Gasteiger partial charge in [-0.15, -0.1) is 0 Å². The molecular weight excluding hydrogens is 248 g/mol. The van der Waals surface area contributed by atoms with Gasteiger partial charge in [0.1, 0.15) is 11.6 Å². The van der Waals surface area contributed by atoms with Crippen molar-refractivity contribution in [1.82, 2.24) is 9.80 Å². The number of carbonyl (C=O) groups is 4. The van der Waals surface area contributed by atoms with Crippen LogP contribution < -0.4 is 0 Å². The van der Waals surface area contributed by atoms with Crippen LogP contribution in [0.4, 0.5) is 0 Å². The molecule has 0 aromatic heterocycles. The van der Waals surface area contributed by atoms with Crippen molar-refractivity contribution in [2.24, 2.45) is 5.92 Å². The number of nitrogens with zero attached hydrogens (tertiary/aromatic N) is 2. The minimum atomic E-state index is -0.548. The summed E-state index contributed by atoms with van der Waals surface area (Å²) < 4.78 is 0. The molecule has 19 heavy (non-hydrogen) atoms. The molecule has 6 heteroatoms. The van der Waals surface area contributed by atoms with E-state index < -0.39 is 11.8 Å². The second-order valence-electron chi connectivity index (χ2n) is 5.20. The minimum Gasteiger partial charge on any atom is -0.334 e. The van der Waals surface area contributed by atoms with E-state index in [0.717, 1.165) is 0 Å². The highest BCUT2D eigenvalue weighted by Gasteiger charge is 2.33. The van der Waals surface area contributed by atoms with Crippen LogP contribution in [0, 0.1) is 5.92 Å². The van der Waals surface area contributed by atoms with Gasteiger partial charge in [-0.3, -0.25) is 19.2 Å². The van der Waals surface area contributed by atoms with Gasteiger partial charge in [-0.1, -0.05) is 6.92 Å². The van der Waals surface area contributed by atoms with E-state index in [4.69, 9.17) is 0 Å². The Morgan fingerprint density at radius 2 is 1.47 bits per heavy atom. The van der Waals surface area contributed by atoms with Crippen LogP contribution in [0.3, 0.4) is 0 Å². The van der Waals surface area contributed by atoms with Gasteiger partial charge in [0.25, 0.3) is 0 Å². The number of rotatable bonds is 0. The third-order valence-electron chi connectivity index (χ3n) is 3.75. The number of carbonyl (C=O) groups excluding carboxylic acids is 4. The van der Waals surface area contributed by atoms with E-state index in [-0.39, 0.29) is 17.5 Å². The fourth-order valence-corrected chi connectivity index (χ4v) is 2.43. The zero-order chi connectivity index (χ0) is 14.0. The van der Waals surface area contributed by atoms with E-state index in [1.54, 1.807) is 6.92 Å². The highest BCUT2D eigenvalue weighted by molar-refractivity contribution is 6.35. The van der Waals surface area contributed by atoms with Crippen molar-refractivity contribution in [3.8, 4) is 0 Å². The molecule has 2 saturated heterocycles. The van der Waals surface area contributed by atoms with Crippen molar-refractivity contribution >= 4 is 23.4 Å². The molecule has 0 saturated carbocycles. The molecule has 2 aliphatic rings. The molecule has 2 amide bonds. The van der Waals surface area contributed by atoms with Crippen LogP contribution in [-0.2, 0) is 19.2 Å². The fourth-order valence-electron chi connectivity index (χ4n) is 2.43. The fraction of sp³-hybridized carbons (Fsp3) is 0.692. The number of likely N-dealkylation sites (tertiary alicyclic amines) is 2. The number of piperidine rings is 2. The Balaban J connectivity index is 1.94. The van der Waals surface area contributed by atoms with Gasteiger partial charge in [0, 0.05) is 51.4 Å². The number of Topliss-reactive ketones (excluding diaryl/α,β-unsaturated/α-hetero) is 2. The molecule has 0 aliphatic carbocycles. The first-order valence-corrected chi connectivity index (χ1v) is 6.61. The summed E-state index contributed by atoms with van der Waals surface area (Å²) >= 11 is 0. The summed E-state index contributed by atoms with van der Waals surface area (Å²) in [7, 11) is 0. The van der Waals surface area contributed by atoms with Crippen molar-refractivity contribution in [3.05, 3.63) is 0 Å². The number of hydrogen-bond donors (Lipinski definition) is 0. The molecule has 1 unspecified atom stereocenters. The van der Waals surface area contributed by atoms with E-state index >= 15 is 0 Å². The van der Waals surface area contributed by atoms with Crippen molar-refractivity contribution < 1.29 is 19.2 Å². The van der Waals surface area contributed by atoms with Gasteiger partial charge in [-0.05, 0) is 0 Å². The zero-order valence-corrected chi connectivity index (χ0v) is 11.1. The number of amides is 2. The molecule has 1 atom stereocenters. The minimum absolute atomic E-state index is 0.133. The van der Waals surface area contributed by atoms with Gasteiger partial charge in [-0.25, -0.2) is 0 Å². The Morgan fingerprint density at radius 1 is 0.947 bits per heavy atom. The standard InChI is InChI=1S/C13H18N2O4/c1-9-8-15(7-4-11(9)17)13(19)12(18)14-5-2-10(16)3-6-14/h9H,2-8H2,1H3. The Morgan fingerprint density at radius 3 is 2.05 bits per heavy atom. The van der Waals surface area contributed by atoms with Crippen molar-refractivity contribution in [2.75, 3.05) is 26.2 Å². The molecule has 2 aliphatic heterocycles. The second kappa shape index (κ2) is 5.50. The molecule has 104 valence electrons. The zero-order valence-electron chi connectivity index (χ0n) is 11.1. The van der Waals surface area contributed by atoms with E-state index in [0.29, 0.717) is 45.4 Å². The summed E-state index contributed by atoms with van der Waals surface area (Å²) in [6.45, 7) is 3.06. The maximum atomic E-state index is 12.1. The average molecular weight is 266 g/mol. The predicted molar refractivity (Wildman–Crippen MR) is 66.2 cm³/mol. The first kappa shape index (κ1) is 13.7. The molecule has 2 fully saturated rings. The third-order valence-corrected chi connectivity index (χ3v) is 3.75. The van der Waals surface area contributed by atoms with Gasteiger partial charge in [0.05, 0.1) is 0 Å². The summed E-state index contributed by atoms with van der Waals surface area (Å²) in [5.41, 5.74) is 0. The second-order valence-corrected chi connectivity index (χ2v) is 5.20. The smallest absolute Gasteiger partial charge is 0.312 e. The lowest BCUT2D eigenvalue weighted by Gasteiger charge is -2.32. The van der Waals surface area contributed by atoms with Crippen LogP contribution in [0.2, 0.25) is 0 Å². The SMILES string of the molecule is CC1CN(C(=O)C(=O)N2CCC(=O)CC2)CCC1=O. The van der Waals surface area contributed by atoms with Gasteiger partial charge >= 0.3 is 11.8 Å². The van der Waals surface area contributed by atoms with Gasteiger partial charge in [0.2, 0.25) is 0 Å². The van der Waals surface area contributed by atoms with Crippen LogP contribution in [0.1, 0.15) is 26.2 Å².